The Kier molecular flexibility index (Phi) is 2.64. The summed E-state index contributed by atoms with van der Waals surface area (Å²) in [5, 5.41) is 3.74. The molecule has 0 aromatic carbocycles. The van der Waals surface area contributed by atoms with E-state index in [2.05, 4.69) is 19.2 Å². The minimum absolute atomic E-state index is 0.774. The maximum absolute atomic E-state index is 3.74. The summed E-state index contributed by atoms with van der Waals surface area (Å²) >= 11 is 0. The van der Waals surface area contributed by atoms with E-state index in [4.69, 9.17) is 0 Å². The average Bonchev–Trinajstić information content (AvgIpc) is 3.01. The van der Waals surface area contributed by atoms with Crippen molar-refractivity contribution in [1.29, 1.82) is 0 Å². The van der Waals surface area contributed by atoms with E-state index in [-0.39, 0.29) is 0 Å². The molecule has 2 aliphatic rings. The van der Waals surface area contributed by atoms with Crippen molar-refractivity contribution in [2.24, 2.45) is 11.3 Å². The second kappa shape index (κ2) is 3.61. The van der Waals surface area contributed by atoms with E-state index < -0.39 is 0 Å². The first-order valence-corrected chi connectivity index (χ1v) is 6.04. The summed E-state index contributed by atoms with van der Waals surface area (Å²) < 4.78 is 0. The molecule has 0 aliphatic heterocycles. The van der Waals surface area contributed by atoms with E-state index in [9.17, 15) is 0 Å². The van der Waals surface area contributed by atoms with E-state index in [1.54, 1.807) is 0 Å². The fraction of sp³-hybridized carbons (Fsp3) is 1.00. The lowest BCUT2D eigenvalue weighted by atomic mass is 10.00. The molecule has 1 nitrogen and oxygen atoms in total. The normalized spacial score (nSPS) is 25.2. The molecule has 2 saturated carbocycles. The average molecular weight is 181 g/mol. The zero-order chi connectivity index (χ0) is 9.31. The Morgan fingerprint density at radius 1 is 1.23 bits per heavy atom. The quantitative estimate of drug-likeness (QED) is 0.664. The van der Waals surface area contributed by atoms with Gasteiger partial charge in [0.25, 0.3) is 0 Å². The van der Waals surface area contributed by atoms with Gasteiger partial charge in [0, 0.05) is 12.6 Å². The smallest absolute Gasteiger partial charge is 0.00620 e. The predicted octanol–water partition coefficient (Wildman–Crippen LogP) is 2.95. The van der Waals surface area contributed by atoms with E-state index in [1.807, 2.05) is 0 Å². The Morgan fingerprint density at radius 3 is 2.23 bits per heavy atom. The maximum atomic E-state index is 3.74. The van der Waals surface area contributed by atoms with Crippen LogP contribution in [0.1, 0.15) is 52.4 Å². The van der Waals surface area contributed by atoms with Crippen LogP contribution in [0.2, 0.25) is 0 Å². The molecule has 0 saturated heterocycles. The molecule has 2 fully saturated rings. The van der Waals surface area contributed by atoms with Gasteiger partial charge in [0.15, 0.2) is 0 Å². The Balaban J connectivity index is 1.71. The highest BCUT2D eigenvalue weighted by Gasteiger charge is 2.53. The van der Waals surface area contributed by atoms with Crippen LogP contribution in [0.15, 0.2) is 0 Å². The van der Waals surface area contributed by atoms with Gasteiger partial charge in [0.2, 0.25) is 0 Å². The van der Waals surface area contributed by atoms with Gasteiger partial charge in [-0.1, -0.05) is 13.8 Å². The highest BCUT2D eigenvalue weighted by molar-refractivity contribution is 5.05. The Morgan fingerprint density at radius 2 is 1.85 bits per heavy atom. The third-order valence-electron chi connectivity index (χ3n) is 4.06. The number of hydrogen-bond donors (Lipinski definition) is 1. The van der Waals surface area contributed by atoms with Crippen LogP contribution in [0.3, 0.4) is 0 Å². The molecule has 0 atom stereocenters. The predicted molar refractivity (Wildman–Crippen MR) is 56.8 cm³/mol. The van der Waals surface area contributed by atoms with Crippen LogP contribution in [-0.2, 0) is 0 Å². The third-order valence-corrected chi connectivity index (χ3v) is 4.06. The zero-order valence-electron chi connectivity index (χ0n) is 9.10. The Labute approximate surface area is 82.3 Å². The monoisotopic (exact) mass is 181 g/mol. The lowest BCUT2D eigenvalue weighted by Crippen LogP contribution is -2.34. The summed E-state index contributed by atoms with van der Waals surface area (Å²) in [5.41, 5.74) is 0.780. The van der Waals surface area contributed by atoms with Crippen molar-refractivity contribution in [1.82, 2.24) is 5.32 Å². The summed E-state index contributed by atoms with van der Waals surface area (Å²) in [6.07, 6.45) is 8.62. The van der Waals surface area contributed by atoms with Crippen molar-refractivity contribution >= 4 is 0 Å². The minimum Gasteiger partial charge on any atom is -0.313 e. The highest BCUT2D eigenvalue weighted by atomic mass is 14.9. The van der Waals surface area contributed by atoms with Crippen LogP contribution in [0.4, 0.5) is 0 Å². The van der Waals surface area contributed by atoms with Gasteiger partial charge in [-0.15, -0.1) is 0 Å². The summed E-state index contributed by atoms with van der Waals surface area (Å²) in [6, 6.07) is 0.774. The summed E-state index contributed by atoms with van der Waals surface area (Å²) in [4.78, 5) is 0. The van der Waals surface area contributed by atoms with Crippen molar-refractivity contribution in [3.63, 3.8) is 0 Å². The summed E-state index contributed by atoms with van der Waals surface area (Å²) in [5.74, 6) is 1.11. The molecule has 0 bridgehead atoms. The largest absolute Gasteiger partial charge is 0.313 e. The van der Waals surface area contributed by atoms with Crippen molar-refractivity contribution in [3.8, 4) is 0 Å². The molecular formula is C12H23N. The molecule has 2 aliphatic carbocycles. The van der Waals surface area contributed by atoms with Crippen LogP contribution in [0.25, 0.3) is 0 Å². The van der Waals surface area contributed by atoms with Crippen LogP contribution < -0.4 is 5.32 Å². The van der Waals surface area contributed by atoms with Gasteiger partial charge in [-0.3, -0.25) is 0 Å². The van der Waals surface area contributed by atoms with Gasteiger partial charge in [-0.2, -0.15) is 0 Å². The summed E-state index contributed by atoms with van der Waals surface area (Å²) in [7, 11) is 0. The number of rotatable bonds is 6. The molecule has 2 rings (SSSR count). The first-order chi connectivity index (χ1) is 6.30. The van der Waals surface area contributed by atoms with E-state index in [0.717, 1.165) is 17.4 Å². The molecule has 76 valence electrons. The van der Waals surface area contributed by atoms with Gasteiger partial charge in [0.05, 0.1) is 0 Å². The Bertz CT molecular complexity index is 164. The molecule has 0 radical (unpaired) electrons. The molecule has 0 aromatic heterocycles. The van der Waals surface area contributed by atoms with Gasteiger partial charge < -0.3 is 5.32 Å². The molecule has 1 heteroatoms. The van der Waals surface area contributed by atoms with Gasteiger partial charge in [0.1, 0.15) is 0 Å². The van der Waals surface area contributed by atoms with Gasteiger partial charge in [-0.25, -0.2) is 0 Å². The van der Waals surface area contributed by atoms with Crippen molar-refractivity contribution in [3.05, 3.63) is 0 Å². The molecule has 0 aromatic rings. The molecular weight excluding hydrogens is 158 g/mol. The van der Waals surface area contributed by atoms with Crippen LogP contribution in [-0.4, -0.2) is 12.6 Å². The second-order valence-electron chi connectivity index (χ2n) is 5.03. The van der Waals surface area contributed by atoms with E-state index in [0.29, 0.717) is 0 Å². The molecule has 1 N–H and O–H groups in total. The van der Waals surface area contributed by atoms with Crippen LogP contribution in [0, 0.1) is 11.3 Å². The molecule has 0 unspecified atom stereocenters. The molecule has 0 amide bonds. The topological polar surface area (TPSA) is 12.0 Å². The van der Waals surface area contributed by atoms with E-state index >= 15 is 0 Å². The third kappa shape index (κ3) is 2.07. The standard InChI is InChI=1S/C12H23N/c1-3-11(4-2)13-9-12(7-8-12)10-5-6-10/h10-11,13H,3-9H2,1-2H3. The maximum Gasteiger partial charge on any atom is 0.00620 e. The fourth-order valence-electron chi connectivity index (χ4n) is 2.51. The zero-order valence-corrected chi connectivity index (χ0v) is 9.10. The first-order valence-electron chi connectivity index (χ1n) is 6.04. The lowest BCUT2D eigenvalue weighted by molar-refractivity contribution is 0.362. The highest BCUT2D eigenvalue weighted by Crippen LogP contribution is 2.60. The summed E-state index contributed by atoms with van der Waals surface area (Å²) in [6.45, 7) is 5.89. The van der Waals surface area contributed by atoms with Crippen molar-refractivity contribution in [2.45, 2.75) is 58.4 Å². The van der Waals surface area contributed by atoms with Crippen LogP contribution in [0.5, 0.6) is 0 Å². The Hall–Kier alpha value is -0.0400. The first kappa shape index (κ1) is 9.51. The van der Waals surface area contributed by atoms with Crippen LogP contribution >= 0.6 is 0 Å². The van der Waals surface area contributed by atoms with Crippen molar-refractivity contribution in [2.75, 3.05) is 6.54 Å². The minimum atomic E-state index is 0.774. The molecule has 0 heterocycles. The SMILES string of the molecule is CCC(CC)NCC1(C2CC2)CC1. The lowest BCUT2D eigenvalue weighted by Gasteiger charge is -2.20. The fourth-order valence-corrected chi connectivity index (χ4v) is 2.51. The van der Waals surface area contributed by atoms with Crippen molar-refractivity contribution < 1.29 is 0 Å². The van der Waals surface area contributed by atoms with E-state index in [1.165, 1.54) is 45.1 Å². The van der Waals surface area contributed by atoms with Gasteiger partial charge >= 0.3 is 0 Å². The number of hydrogen-bond acceptors (Lipinski definition) is 1. The molecule has 0 spiro atoms. The molecule has 13 heavy (non-hydrogen) atoms. The number of nitrogens with one attached hydrogen (secondary N) is 1. The second-order valence-corrected chi connectivity index (χ2v) is 5.03. The van der Waals surface area contributed by atoms with Gasteiger partial charge in [-0.05, 0) is 49.9 Å².